The Morgan fingerprint density at radius 2 is 1.87 bits per heavy atom. The molecule has 0 N–H and O–H groups in total. The molecular formula is C13H20OS. The van der Waals surface area contributed by atoms with Crippen molar-refractivity contribution in [3.63, 3.8) is 0 Å². The molecule has 0 fully saturated rings. The summed E-state index contributed by atoms with van der Waals surface area (Å²) in [6, 6.07) is 7.85. The number of hydrogen-bond donors (Lipinski definition) is 1. The van der Waals surface area contributed by atoms with E-state index in [4.69, 9.17) is 4.74 Å². The topological polar surface area (TPSA) is 9.23 Å². The quantitative estimate of drug-likeness (QED) is 0.559. The van der Waals surface area contributed by atoms with Gasteiger partial charge in [-0.05, 0) is 44.0 Å². The van der Waals surface area contributed by atoms with E-state index in [1.165, 1.54) is 19.3 Å². The molecule has 0 aliphatic carbocycles. The number of ether oxygens (including phenoxy) is 1. The van der Waals surface area contributed by atoms with Crippen LogP contribution in [0.3, 0.4) is 0 Å². The third kappa shape index (κ3) is 5.12. The van der Waals surface area contributed by atoms with Gasteiger partial charge in [-0.3, -0.25) is 0 Å². The Bertz CT molecular complexity index is 268. The summed E-state index contributed by atoms with van der Waals surface area (Å²) < 4.78 is 5.78. The molecule has 0 aliphatic rings. The maximum atomic E-state index is 5.78. The fraction of sp³-hybridized carbons (Fsp3) is 0.538. The van der Waals surface area contributed by atoms with E-state index in [0.29, 0.717) is 6.10 Å². The van der Waals surface area contributed by atoms with E-state index in [-0.39, 0.29) is 0 Å². The lowest BCUT2D eigenvalue weighted by atomic mass is 10.1. The number of unbranched alkanes of at least 4 members (excludes halogenated alkanes) is 2. The first-order valence-electron chi connectivity index (χ1n) is 5.68. The number of benzene rings is 1. The van der Waals surface area contributed by atoms with E-state index in [0.717, 1.165) is 17.1 Å². The zero-order valence-electron chi connectivity index (χ0n) is 9.57. The number of thiol groups is 1. The lowest BCUT2D eigenvalue weighted by Crippen LogP contribution is -2.11. The second-order valence-electron chi connectivity index (χ2n) is 3.92. The summed E-state index contributed by atoms with van der Waals surface area (Å²) in [6.45, 7) is 4.35. The Kier molecular flexibility index (Phi) is 5.62. The van der Waals surface area contributed by atoms with Crippen molar-refractivity contribution in [2.75, 3.05) is 0 Å². The van der Waals surface area contributed by atoms with Crippen molar-refractivity contribution in [1.29, 1.82) is 0 Å². The normalized spacial score (nSPS) is 12.5. The fourth-order valence-corrected chi connectivity index (χ4v) is 1.65. The van der Waals surface area contributed by atoms with Gasteiger partial charge < -0.3 is 4.74 Å². The van der Waals surface area contributed by atoms with Crippen LogP contribution in [-0.4, -0.2) is 6.10 Å². The first-order chi connectivity index (χ1) is 7.22. The van der Waals surface area contributed by atoms with Gasteiger partial charge in [0.1, 0.15) is 5.75 Å². The van der Waals surface area contributed by atoms with Crippen molar-refractivity contribution in [3.05, 3.63) is 24.3 Å². The highest BCUT2D eigenvalue weighted by molar-refractivity contribution is 7.80. The van der Waals surface area contributed by atoms with Crippen LogP contribution in [0.5, 0.6) is 5.75 Å². The smallest absolute Gasteiger partial charge is 0.119 e. The van der Waals surface area contributed by atoms with E-state index in [1.54, 1.807) is 0 Å². The Morgan fingerprint density at radius 3 is 2.47 bits per heavy atom. The van der Waals surface area contributed by atoms with Crippen LogP contribution in [0.2, 0.25) is 0 Å². The molecule has 1 aromatic rings. The van der Waals surface area contributed by atoms with Crippen LogP contribution in [-0.2, 0) is 0 Å². The molecule has 1 atom stereocenters. The van der Waals surface area contributed by atoms with Crippen LogP contribution in [0.4, 0.5) is 0 Å². The molecular weight excluding hydrogens is 204 g/mol. The summed E-state index contributed by atoms with van der Waals surface area (Å²) in [5.41, 5.74) is 0. The Balaban J connectivity index is 2.31. The minimum Gasteiger partial charge on any atom is -0.491 e. The van der Waals surface area contributed by atoms with Crippen molar-refractivity contribution in [2.24, 2.45) is 0 Å². The second kappa shape index (κ2) is 6.78. The van der Waals surface area contributed by atoms with Gasteiger partial charge in [0.15, 0.2) is 0 Å². The SMILES string of the molecule is CCCCCC(C)Oc1ccc(S)cc1. The first-order valence-corrected chi connectivity index (χ1v) is 6.12. The molecule has 0 saturated heterocycles. The van der Waals surface area contributed by atoms with Crippen LogP contribution in [0.15, 0.2) is 29.2 Å². The Labute approximate surface area is 98.3 Å². The van der Waals surface area contributed by atoms with Crippen LogP contribution in [0.1, 0.15) is 39.5 Å². The highest BCUT2D eigenvalue weighted by Crippen LogP contribution is 2.17. The fourth-order valence-electron chi connectivity index (χ4n) is 1.50. The van der Waals surface area contributed by atoms with Crippen LogP contribution >= 0.6 is 12.6 Å². The molecule has 84 valence electrons. The molecule has 0 aliphatic heterocycles. The number of hydrogen-bond acceptors (Lipinski definition) is 2. The highest BCUT2D eigenvalue weighted by Gasteiger charge is 2.02. The van der Waals surface area contributed by atoms with Crippen molar-refractivity contribution in [2.45, 2.75) is 50.5 Å². The van der Waals surface area contributed by atoms with E-state index >= 15 is 0 Å². The van der Waals surface area contributed by atoms with Gasteiger partial charge in [-0.1, -0.05) is 19.8 Å². The number of rotatable bonds is 6. The van der Waals surface area contributed by atoms with Crippen molar-refractivity contribution in [3.8, 4) is 5.75 Å². The van der Waals surface area contributed by atoms with Crippen molar-refractivity contribution < 1.29 is 4.74 Å². The molecule has 0 spiro atoms. The Morgan fingerprint density at radius 1 is 1.20 bits per heavy atom. The summed E-state index contributed by atoms with van der Waals surface area (Å²) in [5, 5.41) is 0. The standard InChI is InChI=1S/C13H20OS/c1-3-4-5-6-11(2)14-12-7-9-13(15)10-8-12/h7-11,15H,3-6H2,1-2H3. The molecule has 0 radical (unpaired) electrons. The second-order valence-corrected chi connectivity index (χ2v) is 4.43. The van der Waals surface area contributed by atoms with E-state index in [1.807, 2.05) is 24.3 Å². The zero-order chi connectivity index (χ0) is 11.1. The van der Waals surface area contributed by atoms with Crippen molar-refractivity contribution >= 4 is 12.6 Å². The molecule has 0 heterocycles. The van der Waals surface area contributed by atoms with Gasteiger partial charge in [0.2, 0.25) is 0 Å². The molecule has 1 rings (SSSR count). The average Bonchev–Trinajstić information content (AvgIpc) is 2.22. The first kappa shape index (κ1) is 12.4. The lowest BCUT2D eigenvalue weighted by molar-refractivity contribution is 0.206. The highest BCUT2D eigenvalue weighted by atomic mass is 32.1. The van der Waals surface area contributed by atoms with Crippen LogP contribution in [0, 0.1) is 0 Å². The lowest BCUT2D eigenvalue weighted by Gasteiger charge is -2.14. The third-order valence-electron chi connectivity index (χ3n) is 2.39. The molecule has 1 nitrogen and oxygen atoms in total. The van der Waals surface area contributed by atoms with Gasteiger partial charge in [-0.15, -0.1) is 12.6 Å². The minimum absolute atomic E-state index is 0.308. The molecule has 1 unspecified atom stereocenters. The predicted octanol–water partition coefficient (Wildman–Crippen LogP) is 4.32. The monoisotopic (exact) mass is 224 g/mol. The average molecular weight is 224 g/mol. The van der Waals surface area contributed by atoms with Crippen molar-refractivity contribution in [1.82, 2.24) is 0 Å². The van der Waals surface area contributed by atoms with Gasteiger partial charge >= 0.3 is 0 Å². The molecule has 0 aromatic heterocycles. The summed E-state index contributed by atoms with van der Waals surface area (Å²) in [6.07, 6.45) is 5.26. The maximum absolute atomic E-state index is 5.78. The van der Waals surface area contributed by atoms with Crippen LogP contribution < -0.4 is 4.74 Å². The van der Waals surface area contributed by atoms with Gasteiger partial charge in [0.05, 0.1) is 6.10 Å². The van der Waals surface area contributed by atoms with Crippen LogP contribution in [0.25, 0.3) is 0 Å². The third-order valence-corrected chi connectivity index (χ3v) is 2.69. The molecule has 15 heavy (non-hydrogen) atoms. The maximum Gasteiger partial charge on any atom is 0.119 e. The van der Waals surface area contributed by atoms with E-state index < -0.39 is 0 Å². The van der Waals surface area contributed by atoms with Gasteiger partial charge in [-0.25, -0.2) is 0 Å². The van der Waals surface area contributed by atoms with E-state index in [9.17, 15) is 0 Å². The summed E-state index contributed by atoms with van der Waals surface area (Å²) in [4.78, 5) is 0.973. The van der Waals surface area contributed by atoms with E-state index in [2.05, 4.69) is 26.5 Å². The largest absolute Gasteiger partial charge is 0.491 e. The van der Waals surface area contributed by atoms with Gasteiger partial charge in [0.25, 0.3) is 0 Å². The van der Waals surface area contributed by atoms with Gasteiger partial charge in [0, 0.05) is 4.90 Å². The molecule has 0 amide bonds. The summed E-state index contributed by atoms with van der Waals surface area (Å²) in [7, 11) is 0. The predicted molar refractivity (Wildman–Crippen MR) is 67.9 cm³/mol. The molecule has 1 aromatic carbocycles. The molecule has 0 bridgehead atoms. The molecule has 2 heteroatoms. The Hall–Kier alpha value is -0.630. The molecule has 0 saturated carbocycles. The van der Waals surface area contributed by atoms with Gasteiger partial charge in [-0.2, -0.15) is 0 Å². The zero-order valence-corrected chi connectivity index (χ0v) is 10.5. The minimum atomic E-state index is 0.308. The summed E-state index contributed by atoms with van der Waals surface area (Å²) in [5.74, 6) is 0.941. The summed E-state index contributed by atoms with van der Waals surface area (Å²) >= 11 is 4.24.